The van der Waals surface area contributed by atoms with Crippen molar-refractivity contribution in [2.75, 3.05) is 0 Å². The van der Waals surface area contributed by atoms with Gasteiger partial charge in [-0.05, 0) is 19.3 Å². The highest BCUT2D eigenvalue weighted by Crippen LogP contribution is 2.24. The van der Waals surface area contributed by atoms with Gasteiger partial charge in [0.25, 0.3) is 5.56 Å². The van der Waals surface area contributed by atoms with Crippen LogP contribution in [-0.4, -0.2) is 26.5 Å². The molecule has 0 aromatic carbocycles. The molecule has 0 radical (unpaired) electrons. The Labute approximate surface area is 125 Å². The van der Waals surface area contributed by atoms with Crippen molar-refractivity contribution >= 4 is 22.3 Å². The highest BCUT2D eigenvalue weighted by molar-refractivity contribution is 7.15. The Morgan fingerprint density at radius 1 is 1.52 bits per heavy atom. The van der Waals surface area contributed by atoms with E-state index < -0.39 is 5.97 Å². The SMILES string of the molecule is O=C(O)C1CCCC(NCc2cc(=O)n3ccsc3n2)C1. The zero-order valence-corrected chi connectivity index (χ0v) is 12.3. The Balaban J connectivity index is 1.66. The van der Waals surface area contributed by atoms with Gasteiger partial charge in [-0.25, -0.2) is 4.98 Å². The van der Waals surface area contributed by atoms with Crippen LogP contribution in [0.5, 0.6) is 0 Å². The molecule has 2 aromatic heterocycles. The first-order chi connectivity index (χ1) is 10.1. The van der Waals surface area contributed by atoms with Crippen molar-refractivity contribution in [1.29, 1.82) is 0 Å². The number of fused-ring (bicyclic) bond motifs is 1. The molecule has 2 N–H and O–H groups in total. The third kappa shape index (κ3) is 3.14. The molecule has 0 saturated heterocycles. The monoisotopic (exact) mass is 307 g/mol. The largest absolute Gasteiger partial charge is 0.481 e. The van der Waals surface area contributed by atoms with Gasteiger partial charge < -0.3 is 10.4 Å². The van der Waals surface area contributed by atoms with E-state index in [0.29, 0.717) is 23.6 Å². The molecule has 2 atom stereocenters. The first-order valence-corrected chi connectivity index (χ1v) is 7.93. The maximum atomic E-state index is 11.9. The zero-order valence-electron chi connectivity index (χ0n) is 11.5. The molecular formula is C14H17N3O3S. The fourth-order valence-electron chi connectivity index (χ4n) is 2.83. The number of aromatic nitrogens is 2. The first kappa shape index (κ1) is 14.2. The summed E-state index contributed by atoms with van der Waals surface area (Å²) in [5, 5.41) is 14.3. The number of aliphatic carboxylic acids is 1. The van der Waals surface area contributed by atoms with Crippen molar-refractivity contribution in [3.05, 3.63) is 33.7 Å². The van der Waals surface area contributed by atoms with E-state index in [0.717, 1.165) is 19.3 Å². The van der Waals surface area contributed by atoms with Crippen molar-refractivity contribution < 1.29 is 9.90 Å². The van der Waals surface area contributed by atoms with Gasteiger partial charge in [-0.3, -0.25) is 14.0 Å². The minimum atomic E-state index is -0.710. The third-order valence-corrected chi connectivity index (χ3v) is 4.71. The molecule has 0 bridgehead atoms. The Kier molecular flexibility index (Phi) is 4.03. The van der Waals surface area contributed by atoms with Crippen LogP contribution in [0.4, 0.5) is 0 Å². The van der Waals surface area contributed by atoms with Crippen molar-refractivity contribution in [2.45, 2.75) is 38.3 Å². The minimum absolute atomic E-state index is 0.0786. The van der Waals surface area contributed by atoms with Gasteiger partial charge in [0, 0.05) is 30.2 Å². The van der Waals surface area contributed by atoms with Gasteiger partial charge >= 0.3 is 5.97 Å². The number of hydrogen-bond acceptors (Lipinski definition) is 5. The van der Waals surface area contributed by atoms with Crippen LogP contribution in [0.1, 0.15) is 31.4 Å². The quantitative estimate of drug-likeness (QED) is 0.894. The third-order valence-electron chi connectivity index (χ3n) is 3.95. The number of carbonyl (C=O) groups is 1. The number of nitrogens with zero attached hydrogens (tertiary/aromatic N) is 2. The summed E-state index contributed by atoms with van der Waals surface area (Å²) in [5.41, 5.74) is 0.630. The van der Waals surface area contributed by atoms with Crippen LogP contribution in [-0.2, 0) is 11.3 Å². The molecule has 1 fully saturated rings. The van der Waals surface area contributed by atoms with Gasteiger partial charge in [-0.1, -0.05) is 6.42 Å². The Hall–Kier alpha value is -1.73. The van der Waals surface area contributed by atoms with Gasteiger partial charge in [-0.2, -0.15) is 0 Å². The lowest BCUT2D eigenvalue weighted by Crippen LogP contribution is -2.36. The highest BCUT2D eigenvalue weighted by Gasteiger charge is 2.26. The van der Waals surface area contributed by atoms with Crippen LogP contribution in [0.3, 0.4) is 0 Å². The fourth-order valence-corrected chi connectivity index (χ4v) is 3.57. The van der Waals surface area contributed by atoms with E-state index in [1.165, 1.54) is 21.8 Å². The van der Waals surface area contributed by atoms with Crippen molar-refractivity contribution in [1.82, 2.24) is 14.7 Å². The van der Waals surface area contributed by atoms with Gasteiger partial charge in [0.1, 0.15) is 0 Å². The molecule has 7 heteroatoms. The fraction of sp³-hybridized carbons (Fsp3) is 0.500. The standard InChI is InChI=1S/C14H17N3O3S/c18-12-7-11(16-14-17(12)4-5-21-14)8-15-10-3-1-2-9(6-10)13(19)20/h4-5,7,9-10,15H,1-3,6,8H2,(H,19,20). The zero-order chi connectivity index (χ0) is 14.8. The average molecular weight is 307 g/mol. The molecule has 2 heterocycles. The predicted octanol–water partition coefficient (Wildman–Crippen LogP) is 1.49. The molecule has 0 amide bonds. The van der Waals surface area contributed by atoms with E-state index in [1.807, 2.05) is 5.38 Å². The average Bonchev–Trinajstić information content (AvgIpc) is 2.94. The summed E-state index contributed by atoms with van der Waals surface area (Å²) < 4.78 is 1.52. The summed E-state index contributed by atoms with van der Waals surface area (Å²) in [6.07, 6.45) is 5.02. The number of thiazole rings is 1. The number of hydrogen-bond donors (Lipinski definition) is 2. The minimum Gasteiger partial charge on any atom is -0.481 e. The summed E-state index contributed by atoms with van der Waals surface area (Å²) in [5.74, 6) is -0.965. The lowest BCUT2D eigenvalue weighted by molar-refractivity contribution is -0.143. The normalized spacial score (nSPS) is 22.5. The smallest absolute Gasteiger partial charge is 0.306 e. The molecular weight excluding hydrogens is 290 g/mol. The molecule has 6 nitrogen and oxygen atoms in total. The molecule has 0 spiro atoms. The Morgan fingerprint density at radius 2 is 2.38 bits per heavy atom. The second-order valence-corrected chi connectivity index (χ2v) is 6.29. The van der Waals surface area contributed by atoms with E-state index >= 15 is 0 Å². The molecule has 1 aliphatic rings. The molecule has 3 rings (SSSR count). The van der Waals surface area contributed by atoms with Gasteiger partial charge in [0.15, 0.2) is 4.96 Å². The van der Waals surface area contributed by atoms with Gasteiger partial charge in [0.05, 0.1) is 11.6 Å². The maximum absolute atomic E-state index is 11.9. The van der Waals surface area contributed by atoms with Crippen molar-refractivity contribution in [2.24, 2.45) is 5.92 Å². The Bertz CT molecular complexity index is 709. The van der Waals surface area contributed by atoms with Crippen LogP contribution < -0.4 is 10.9 Å². The topological polar surface area (TPSA) is 83.7 Å². The second-order valence-electron chi connectivity index (χ2n) is 5.42. The van der Waals surface area contributed by atoms with E-state index in [-0.39, 0.29) is 17.5 Å². The molecule has 21 heavy (non-hydrogen) atoms. The van der Waals surface area contributed by atoms with E-state index in [1.54, 1.807) is 6.20 Å². The van der Waals surface area contributed by atoms with E-state index in [4.69, 9.17) is 5.11 Å². The van der Waals surface area contributed by atoms with Crippen LogP contribution in [0.2, 0.25) is 0 Å². The first-order valence-electron chi connectivity index (χ1n) is 7.05. The maximum Gasteiger partial charge on any atom is 0.306 e. The summed E-state index contributed by atoms with van der Waals surface area (Å²) >= 11 is 1.43. The summed E-state index contributed by atoms with van der Waals surface area (Å²) in [6, 6.07) is 1.72. The van der Waals surface area contributed by atoms with E-state index in [2.05, 4.69) is 10.3 Å². The lowest BCUT2D eigenvalue weighted by Gasteiger charge is -2.27. The molecule has 1 aliphatic carbocycles. The van der Waals surface area contributed by atoms with Crippen molar-refractivity contribution in [3.63, 3.8) is 0 Å². The van der Waals surface area contributed by atoms with Crippen LogP contribution >= 0.6 is 11.3 Å². The van der Waals surface area contributed by atoms with Crippen molar-refractivity contribution in [3.8, 4) is 0 Å². The summed E-state index contributed by atoms with van der Waals surface area (Å²) in [4.78, 5) is 28.1. The number of nitrogens with one attached hydrogen (secondary N) is 1. The van der Waals surface area contributed by atoms with E-state index in [9.17, 15) is 9.59 Å². The lowest BCUT2D eigenvalue weighted by atomic mass is 9.86. The number of carboxylic acid groups (broad SMARTS) is 1. The molecule has 2 unspecified atom stereocenters. The molecule has 2 aromatic rings. The number of rotatable bonds is 4. The predicted molar refractivity (Wildman–Crippen MR) is 79.6 cm³/mol. The van der Waals surface area contributed by atoms with Crippen LogP contribution in [0.15, 0.2) is 22.4 Å². The van der Waals surface area contributed by atoms with Gasteiger partial charge in [0.2, 0.25) is 0 Å². The van der Waals surface area contributed by atoms with Gasteiger partial charge in [-0.15, -0.1) is 11.3 Å². The molecule has 112 valence electrons. The van der Waals surface area contributed by atoms with Crippen LogP contribution in [0.25, 0.3) is 4.96 Å². The van der Waals surface area contributed by atoms with Crippen LogP contribution in [0, 0.1) is 5.92 Å². The summed E-state index contributed by atoms with van der Waals surface area (Å²) in [6.45, 7) is 0.501. The molecule has 0 aliphatic heterocycles. The Morgan fingerprint density at radius 3 is 3.19 bits per heavy atom. The number of carboxylic acids is 1. The highest BCUT2D eigenvalue weighted by atomic mass is 32.1. The second kappa shape index (κ2) is 5.95. The molecule has 1 saturated carbocycles. The summed E-state index contributed by atoms with van der Waals surface area (Å²) in [7, 11) is 0.